The van der Waals surface area contributed by atoms with Gasteiger partial charge in [0.25, 0.3) is 0 Å². The first-order valence-electron chi connectivity index (χ1n) is 5.97. The smallest absolute Gasteiger partial charge is 0.341 e. The Morgan fingerprint density at radius 1 is 1.32 bits per heavy atom. The van der Waals surface area contributed by atoms with E-state index in [0.717, 1.165) is 24.3 Å². The van der Waals surface area contributed by atoms with Crippen LogP contribution < -0.4 is 5.32 Å². The van der Waals surface area contributed by atoms with Gasteiger partial charge in [0.05, 0.1) is 10.6 Å². The monoisotopic (exact) mass is 307 g/mol. The van der Waals surface area contributed by atoms with Crippen LogP contribution in [0.4, 0.5) is 14.5 Å². The zero-order valence-electron chi connectivity index (χ0n) is 10.2. The normalized spacial score (nSPS) is 20.5. The van der Waals surface area contributed by atoms with E-state index in [0.29, 0.717) is 0 Å². The fourth-order valence-corrected chi connectivity index (χ4v) is 3.97. The number of thioether (sulfide) groups is 1. The minimum Gasteiger partial charge on any atom is -0.380 e. The maximum atomic E-state index is 12.6. The molecule has 106 valence electrons. The van der Waals surface area contributed by atoms with Crippen LogP contribution in [-0.4, -0.2) is 31.7 Å². The van der Waals surface area contributed by atoms with Crippen molar-refractivity contribution in [2.24, 2.45) is 0 Å². The van der Waals surface area contributed by atoms with E-state index in [1.165, 1.54) is 18.2 Å². The van der Waals surface area contributed by atoms with Crippen molar-refractivity contribution in [1.82, 2.24) is 0 Å². The van der Waals surface area contributed by atoms with Gasteiger partial charge >= 0.3 is 5.76 Å². The average Bonchev–Trinajstić information content (AvgIpc) is 2.40. The molecule has 7 heteroatoms. The molecule has 0 aromatic heterocycles. The summed E-state index contributed by atoms with van der Waals surface area (Å²) in [5, 5.41) is 3.08. The van der Waals surface area contributed by atoms with E-state index < -0.39 is 15.6 Å². The Hall–Kier alpha value is -0.820. The lowest BCUT2D eigenvalue weighted by atomic mass is 10.1. The fourth-order valence-electron chi connectivity index (χ4n) is 2.00. The largest absolute Gasteiger partial charge is 0.380 e. The summed E-state index contributed by atoms with van der Waals surface area (Å²) in [7, 11) is -4.56. The molecular weight excluding hydrogens is 292 g/mol. The van der Waals surface area contributed by atoms with Crippen LogP contribution >= 0.6 is 11.8 Å². The van der Waals surface area contributed by atoms with Crippen molar-refractivity contribution in [1.29, 1.82) is 0 Å². The summed E-state index contributed by atoms with van der Waals surface area (Å²) in [6, 6.07) is 5.99. The SMILES string of the molecule is O=S(=O)(c1ccccc1NC1CCCSC1)C(F)F. The minimum absolute atomic E-state index is 0.132. The molecule has 0 radical (unpaired) electrons. The Kier molecular flexibility index (Phi) is 4.67. The fraction of sp³-hybridized carbons (Fsp3) is 0.500. The number of nitrogens with one attached hydrogen (secondary N) is 1. The second kappa shape index (κ2) is 6.09. The summed E-state index contributed by atoms with van der Waals surface area (Å²) in [6.07, 6.45) is 1.97. The first-order valence-corrected chi connectivity index (χ1v) is 8.67. The number of benzene rings is 1. The molecule has 1 saturated heterocycles. The van der Waals surface area contributed by atoms with Crippen LogP contribution in [0, 0.1) is 0 Å². The van der Waals surface area contributed by atoms with Gasteiger partial charge in [-0.3, -0.25) is 0 Å². The highest BCUT2D eigenvalue weighted by molar-refractivity contribution is 7.99. The summed E-state index contributed by atoms with van der Waals surface area (Å²) < 4.78 is 48.5. The molecule has 2 rings (SSSR count). The molecule has 1 atom stereocenters. The van der Waals surface area contributed by atoms with Crippen LogP contribution in [0.5, 0.6) is 0 Å². The van der Waals surface area contributed by atoms with Crippen molar-refractivity contribution in [3.8, 4) is 0 Å². The minimum atomic E-state index is -4.56. The number of para-hydroxylation sites is 1. The molecule has 0 amide bonds. The van der Waals surface area contributed by atoms with Crippen molar-refractivity contribution < 1.29 is 17.2 Å². The Balaban J connectivity index is 2.26. The molecule has 0 bridgehead atoms. The van der Waals surface area contributed by atoms with Gasteiger partial charge in [-0.2, -0.15) is 20.5 Å². The molecule has 1 heterocycles. The quantitative estimate of drug-likeness (QED) is 0.929. The van der Waals surface area contributed by atoms with Crippen LogP contribution in [0.25, 0.3) is 0 Å². The van der Waals surface area contributed by atoms with Gasteiger partial charge in [0.15, 0.2) is 0 Å². The number of hydrogen-bond acceptors (Lipinski definition) is 4. The zero-order valence-corrected chi connectivity index (χ0v) is 11.8. The van der Waals surface area contributed by atoms with Gasteiger partial charge in [0.2, 0.25) is 9.84 Å². The first-order chi connectivity index (χ1) is 9.01. The van der Waals surface area contributed by atoms with Gasteiger partial charge < -0.3 is 5.32 Å². The summed E-state index contributed by atoms with van der Waals surface area (Å²) in [4.78, 5) is -0.319. The molecule has 1 aliphatic heterocycles. The van der Waals surface area contributed by atoms with Gasteiger partial charge in [0, 0.05) is 11.8 Å². The highest BCUT2D eigenvalue weighted by Gasteiger charge is 2.29. The molecule has 0 saturated carbocycles. The molecule has 0 aliphatic carbocycles. The van der Waals surface area contributed by atoms with Gasteiger partial charge in [-0.1, -0.05) is 12.1 Å². The Labute approximate surface area is 115 Å². The summed E-state index contributed by atoms with van der Waals surface area (Å²) in [6.45, 7) is 0. The van der Waals surface area contributed by atoms with Gasteiger partial charge in [0.1, 0.15) is 0 Å². The molecule has 1 aliphatic rings. The molecule has 19 heavy (non-hydrogen) atoms. The summed E-state index contributed by atoms with van der Waals surface area (Å²) in [5.74, 6) is -1.44. The van der Waals surface area contributed by atoms with Crippen LogP contribution in [0.1, 0.15) is 12.8 Å². The number of sulfone groups is 1. The van der Waals surface area contributed by atoms with Gasteiger partial charge in [-0.25, -0.2) is 8.42 Å². The van der Waals surface area contributed by atoms with Gasteiger partial charge in [-0.05, 0) is 30.7 Å². The maximum absolute atomic E-state index is 12.6. The lowest BCUT2D eigenvalue weighted by molar-refractivity contribution is 0.235. The number of halogens is 2. The molecule has 1 fully saturated rings. The van der Waals surface area contributed by atoms with Crippen molar-refractivity contribution in [3.05, 3.63) is 24.3 Å². The Morgan fingerprint density at radius 2 is 2.05 bits per heavy atom. The predicted octanol–water partition coefficient (Wildman–Crippen LogP) is 2.99. The van der Waals surface area contributed by atoms with Crippen LogP contribution in [-0.2, 0) is 9.84 Å². The van der Waals surface area contributed by atoms with E-state index >= 15 is 0 Å². The van der Waals surface area contributed by atoms with E-state index in [2.05, 4.69) is 5.32 Å². The highest BCUT2D eigenvalue weighted by Crippen LogP contribution is 2.28. The lowest BCUT2D eigenvalue weighted by Gasteiger charge is -2.24. The molecule has 1 aromatic rings. The molecule has 0 spiro atoms. The van der Waals surface area contributed by atoms with E-state index in [1.807, 2.05) is 0 Å². The number of hydrogen-bond donors (Lipinski definition) is 1. The third kappa shape index (κ3) is 3.39. The first kappa shape index (κ1) is 14.6. The molecule has 1 N–H and O–H groups in total. The van der Waals surface area contributed by atoms with Crippen molar-refractivity contribution in [2.75, 3.05) is 16.8 Å². The second-order valence-corrected chi connectivity index (χ2v) is 7.40. The number of rotatable bonds is 4. The molecule has 1 aromatic carbocycles. The second-order valence-electron chi connectivity index (χ2n) is 4.36. The van der Waals surface area contributed by atoms with Gasteiger partial charge in [-0.15, -0.1) is 0 Å². The standard InChI is InChI=1S/C12H15F2NO2S2/c13-12(14)19(16,17)11-6-2-1-5-10(11)15-9-4-3-7-18-8-9/h1-2,5-6,9,12,15H,3-4,7-8H2. The van der Waals surface area contributed by atoms with Crippen LogP contribution in [0.15, 0.2) is 29.2 Å². The molecule has 3 nitrogen and oxygen atoms in total. The molecular formula is C12H15F2NO2S2. The number of anilines is 1. The van der Waals surface area contributed by atoms with Crippen LogP contribution in [0.2, 0.25) is 0 Å². The third-order valence-electron chi connectivity index (χ3n) is 2.95. The third-order valence-corrected chi connectivity index (χ3v) is 5.60. The van der Waals surface area contributed by atoms with E-state index in [4.69, 9.17) is 0 Å². The van der Waals surface area contributed by atoms with E-state index in [-0.39, 0.29) is 16.6 Å². The van der Waals surface area contributed by atoms with E-state index in [9.17, 15) is 17.2 Å². The Morgan fingerprint density at radius 3 is 2.68 bits per heavy atom. The summed E-state index contributed by atoms with van der Waals surface area (Å²) >= 11 is 1.78. The zero-order chi connectivity index (χ0) is 13.9. The van der Waals surface area contributed by atoms with Crippen LogP contribution in [0.3, 0.4) is 0 Å². The highest BCUT2D eigenvalue weighted by atomic mass is 32.2. The topological polar surface area (TPSA) is 46.2 Å². The number of alkyl halides is 2. The predicted molar refractivity (Wildman–Crippen MR) is 73.6 cm³/mol. The molecule has 1 unspecified atom stereocenters. The maximum Gasteiger partial charge on any atom is 0.341 e. The van der Waals surface area contributed by atoms with Crippen molar-refractivity contribution in [2.45, 2.75) is 29.5 Å². The van der Waals surface area contributed by atoms with Crippen molar-refractivity contribution in [3.63, 3.8) is 0 Å². The average molecular weight is 307 g/mol. The van der Waals surface area contributed by atoms with E-state index in [1.54, 1.807) is 17.8 Å². The lowest BCUT2D eigenvalue weighted by Crippen LogP contribution is -2.27. The Bertz CT molecular complexity index is 528. The van der Waals surface area contributed by atoms with Crippen molar-refractivity contribution >= 4 is 27.3 Å². The summed E-state index contributed by atoms with van der Waals surface area (Å²) in [5.41, 5.74) is 0.273.